The van der Waals surface area contributed by atoms with Gasteiger partial charge in [0.05, 0.1) is 17.3 Å². The highest BCUT2D eigenvalue weighted by Gasteiger charge is 2.87. The maximum Gasteiger partial charge on any atom is 0.303 e. The van der Waals surface area contributed by atoms with Gasteiger partial charge in [-0.15, -0.1) is 0 Å². The van der Waals surface area contributed by atoms with Crippen molar-refractivity contribution in [2.75, 3.05) is 13.1 Å². The molecule has 3 heterocycles. The molecule has 7 fully saturated rings. The normalized spacial score (nSPS) is 59.6. The number of esters is 2. The average molecular weight is 594 g/mol. The molecule has 7 aliphatic rings. The van der Waals surface area contributed by atoms with Crippen LogP contribution >= 0.6 is 0 Å². The highest BCUT2D eigenvalue weighted by atomic mass is 16.7. The molecule has 236 valence electrons. The van der Waals surface area contributed by atoms with Gasteiger partial charge in [0.25, 0.3) is 0 Å². The number of carbonyl (C=O) groups excluding carboxylic acids is 2. The summed E-state index contributed by atoms with van der Waals surface area (Å²) in [4.78, 5) is 26.7. The Morgan fingerprint density at radius 1 is 0.976 bits per heavy atom. The van der Waals surface area contributed by atoms with Crippen LogP contribution < -0.4 is 0 Å². The third-order valence-electron chi connectivity index (χ3n) is 13.4. The molecule has 4 aliphatic carbocycles. The van der Waals surface area contributed by atoms with Crippen molar-refractivity contribution in [2.24, 2.45) is 40.9 Å². The lowest BCUT2D eigenvalue weighted by Gasteiger charge is -2.64. The molecule has 16 atom stereocenters. The summed E-state index contributed by atoms with van der Waals surface area (Å²) in [5.41, 5.74) is -5.19. The standard InChI is InChI=1S/C31H47NO10/c1-14-6-7-21-28(5,37)23-17(13-32(21)12-14)18-11-29-25(30(18,38)26(36)24(23)41-16(3)34)19(35)10-20-27(29,4)9-8-22(40-15(2)33)31(20,39)42-29/h14,17-26,35-39H,6-13H2,1-5H3. The summed E-state index contributed by atoms with van der Waals surface area (Å²) in [6, 6.07) is -0.187. The molecule has 0 amide bonds. The Morgan fingerprint density at radius 2 is 1.67 bits per heavy atom. The molecule has 42 heavy (non-hydrogen) atoms. The molecule has 0 radical (unpaired) electrons. The van der Waals surface area contributed by atoms with E-state index in [1.54, 1.807) is 6.92 Å². The number of nitrogens with zero attached hydrogens (tertiary/aromatic N) is 1. The molecule has 4 bridgehead atoms. The minimum atomic E-state index is -1.93. The van der Waals surface area contributed by atoms with Gasteiger partial charge >= 0.3 is 11.9 Å². The zero-order valence-corrected chi connectivity index (χ0v) is 25.2. The van der Waals surface area contributed by atoms with Crippen molar-refractivity contribution in [2.45, 2.75) is 126 Å². The fraction of sp³-hybridized carbons (Fsp3) is 0.935. The van der Waals surface area contributed by atoms with Crippen molar-refractivity contribution in [3.05, 3.63) is 0 Å². The third kappa shape index (κ3) is 3.36. The summed E-state index contributed by atoms with van der Waals surface area (Å²) < 4.78 is 18.1. The van der Waals surface area contributed by atoms with Gasteiger partial charge in [0, 0.05) is 56.1 Å². The van der Waals surface area contributed by atoms with Crippen LogP contribution in [-0.4, -0.2) is 109 Å². The van der Waals surface area contributed by atoms with E-state index in [1.165, 1.54) is 13.8 Å². The summed E-state index contributed by atoms with van der Waals surface area (Å²) >= 11 is 0. The summed E-state index contributed by atoms with van der Waals surface area (Å²) in [5, 5.41) is 61.2. The van der Waals surface area contributed by atoms with Crippen molar-refractivity contribution < 1.29 is 49.3 Å². The third-order valence-corrected chi connectivity index (χ3v) is 13.4. The van der Waals surface area contributed by atoms with Crippen molar-refractivity contribution in [3.8, 4) is 0 Å². The molecular formula is C31H47NO10. The van der Waals surface area contributed by atoms with Crippen molar-refractivity contribution in [3.63, 3.8) is 0 Å². The zero-order chi connectivity index (χ0) is 30.4. The molecule has 3 saturated heterocycles. The first-order chi connectivity index (χ1) is 19.5. The molecule has 0 aromatic carbocycles. The predicted molar refractivity (Wildman–Crippen MR) is 145 cm³/mol. The summed E-state index contributed by atoms with van der Waals surface area (Å²) in [5.74, 6) is -5.82. The quantitative estimate of drug-likeness (QED) is 0.280. The van der Waals surface area contributed by atoms with Gasteiger partial charge in [0.2, 0.25) is 5.79 Å². The molecule has 11 nitrogen and oxygen atoms in total. The molecule has 11 heteroatoms. The van der Waals surface area contributed by atoms with Crippen molar-refractivity contribution >= 4 is 11.9 Å². The number of carbonyl (C=O) groups is 2. The second-order valence-electron chi connectivity index (χ2n) is 15.4. The van der Waals surface area contributed by atoms with Gasteiger partial charge in [0.15, 0.2) is 6.10 Å². The van der Waals surface area contributed by atoms with E-state index in [0.29, 0.717) is 25.3 Å². The number of aliphatic hydroxyl groups excluding tert-OH is 2. The number of ether oxygens (including phenoxy) is 3. The van der Waals surface area contributed by atoms with E-state index in [0.717, 1.165) is 19.4 Å². The molecule has 1 spiro atoms. The van der Waals surface area contributed by atoms with Crippen LogP contribution in [0.1, 0.15) is 73.1 Å². The highest BCUT2D eigenvalue weighted by Crippen LogP contribution is 2.77. The SMILES string of the molecule is CC(=O)OC1C2C(CN3CC(C)CCC3C2(C)O)C2CC34OC5(O)C(OC(C)=O)CCC3(C)C5CC(O)C4C2(O)C1O. The molecule has 5 N–H and O–H groups in total. The number of hydrogen-bond donors (Lipinski definition) is 5. The molecule has 0 aromatic heterocycles. The Bertz CT molecular complexity index is 1180. The van der Waals surface area contributed by atoms with Crippen LogP contribution in [0.25, 0.3) is 0 Å². The monoisotopic (exact) mass is 593 g/mol. The predicted octanol–water partition coefficient (Wildman–Crippen LogP) is 0.328. The van der Waals surface area contributed by atoms with E-state index in [2.05, 4.69) is 11.8 Å². The molecule has 7 rings (SSSR count). The Hall–Kier alpha value is -1.34. The largest absolute Gasteiger partial charge is 0.459 e. The van der Waals surface area contributed by atoms with Crippen LogP contribution in [0.5, 0.6) is 0 Å². The molecule has 0 aromatic rings. The van der Waals surface area contributed by atoms with Crippen molar-refractivity contribution in [1.29, 1.82) is 0 Å². The smallest absolute Gasteiger partial charge is 0.303 e. The van der Waals surface area contributed by atoms with Crippen LogP contribution in [0.3, 0.4) is 0 Å². The first kappa shape index (κ1) is 29.4. The maximum atomic E-state index is 12.9. The first-order valence-electron chi connectivity index (χ1n) is 15.8. The fourth-order valence-corrected chi connectivity index (χ4v) is 12.0. The van der Waals surface area contributed by atoms with Gasteiger partial charge in [0.1, 0.15) is 17.8 Å². The van der Waals surface area contributed by atoms with E-state index >= 15 is 0 Å². The van der Waals surface area contributed by atoms with E-state index in [-0.39, 0.29) is 18.9 Å². The van der Waals surface area contributed by atoms with E-state index in [4.69, 9.17) is 14.2 Å². The molecule has 4 saturated carbocycles. The average Bonchev–Trinajstić information content (AvgIpc) is 3.16. The lowest BCUT2D eigenvalue weighted by atomic mass is 9.49. The number of rotatable bonds is 2. The summed E-state index contributed by atoms with van der Waals surface area (Å²) in [6.45, 7) is 9.84. The van der Waals surface area contributed by atoms with Crippen LogP contribution in [0.2, 0.25) is 0 Å². The van der Waals surface area contributed by atoms with E-state index < -0.39 is 93.9 Å². The van der Waals surface area contributed by atoms with Gasteiger partial charge in [-0.3, -0.25) is 14.5 Å². The Kier molecular flexibility index (Phi) is 6.22. The number of fused-ring (bicyclic) bond motifs is 5. The first-order valence-corrected chi connectivity index (χ1v) is 15.8. The van der Waals surface area contributed by atoms with Gasteiger partial charge in [-0.25, -0.2) is 0 Å². The Labute approximate surface area is 246 Å². The van der Waals surface area contributed by atoms with Crippen LogP contribution in [0, 0.1) is 40.9 Å². The topological polar surface area (TPSA) is 166 Å². The molecule has 16 unspecified atom stereocenters. The van der Waals surface area contributed by atoms with Crippen LogP contribution in [0.15, 0.2) is 0 Å². The lowest BCUT2D eigenvalue weighted by molar-refractivity contribution is -0.298. The van der Waals surface area contributed by atoms with E-state index in [1.807, 2.05) is 6.92 Å². The summed E-state index contributed by atoms with van der Waals surface area (Å²) in [6.07, 6.45) is -1.91. The van der Waals surface area contributed by atoms with Crippen LogP contribution in [0.4, 0.5) is 0 Å². The number of piperidine rings is 2. The van der Waals surface area contributed by atoms with Gasteiger partial charge in [-0.1, -0.05) is 13.8 Å². The molecule has 3 aliphatic heterocycles. The van der Waals surface area contributed by atoms with Crippen LogP contribution in [-0.2, 0) is 23.8 Å². The second-order valence-corrected chi connectivity index (χ2v) is 15.4. The van der Waals surface area contributed by atoms with Crippen molar-refractivity contribution in [1.82, 2.24) is 4.90 Å². The highest BCUT2D eigenvalue weighted by molar-refractivity contribution is 5.66. The number of aliphatic hydroxyl groups is 5. The lowest BCUT2D eigenvalue weighted by Crippen LogP contribution is -2.77. The maximum absolute atomic E-state index is 12.9. The second kappa shape index (κ2) is 8.89. The fourth-order valence-electron chi connectivity index (χ4n) is 12.0. The zero-order valence-electron chi connectivity index (χ0n) is 25.2. The van der Waals surface area contributed by atoms with Gasteiger partial charge in [-0.05, 0) is 63.2 Å². The molecular weight excluding hydrogens is 546 g/mol. The minimum absolute atomic E-state index is 0.0920. The Balaban J connectivity index is 1.37. The number of hydrogen-bond acceptors (Lipinski definition) is 11. The summed E-state index contributed by atoms with van der Waals surface area (Å²) in [7, 11) is 0. The van der Waals surface area contributed by atoms with Gasteiger partial charge < -0.3 is 39.7 Å². The van der Waals surface area contributed by atoms with Gasteiger partial charge in [-0.2, -0.15) is 0 Å². The Morgan fingerprint density at radius 3 is 2.33 bits per heavy atom. The van der Waals surface area contributed by atoms with E-state index in [9.17, 15) is 35.1 Å². The minimum Gasteiger partial charge on any atom is -0.459 e.